The molecule has 96 valence electrons. The summed E-state index contributed by atoms with van der Waals surface area (Å²) >= 11 is 0. The Bertz CT molecular complexity index is 384. The summed E-state index contributed by atoms with van der Waals surface area (Å²) in [6, 6.07) is 0.0297. The number of hydrogen-bond acceptors (Lipinski definition) is 3. The predicted molar refractivity (Wildman–Crippen MR) is 67.7 cm³/mol. The van der Waals surface area contributed by atoms with Crippen LogP contribution in [-0.2, 0) is 7.05 Å². The fourth-order valence-corrected chi connectivity index (χ4v) is 1.77. The molecule has 5 heteroatoms. The number of nitrogens with two attached hydrogens (primary N) is 1. The number of amides is 1. The van der Waals surface area contributed by atoms with E-state index in [4.69, 9.17) is 5.73 Å². The Kier molecular flexibility index (Phi) is 4.69. The van der Waals surface area contributed by atoms with Crippen molar-refractivity contribution < 1.29 is 4.79 Å². The van der Waals surface area contributed by atoms with Crippen molar-refractivity contribution in [3.63, 3.8) is 0 Å². The maximum absolute atomic E-state index is 12.0. The van der Waals surface area contributed by atoms with Crippen LogP contribution in [0.2, 0.25) is 0 Å². The highest BCUT2D eigenvalue weighted by atomic mass is 16.1. The van der Waals surface area contributed by atoms with Crippen molar-refractivity contribution in [1.29, 1.82) is 0 Å². The van der Waals surface area contributed by atoms with Gasteiger partial charge in [-0.1, -0.05) is 13.8 Å². The first-order valence-corrected chi connectivity index (χ1v) is 5.95. The summed E-state index contributed by atoms with van der Waals surface area (Å²) in [6.45, 7) is 6.57. The molecule has 0 fully saturated rings. The minimum absolute atomic E-state index is 0.0297. The molecule has 0 aromatic carbocycles. The quantitative estimate of drug-likeness (QED) is 0.798. The number of carbonyl (C=O) groups is 1. The fourth-order valence-electron chi connectivity index (χ4n) is 1.77. The lowest BCUT2D eigenvalue weighted by molar-refractivity contribution is 0.0933. The Morgan fingerprint density at radius 1 is 1.59 bits per heavy atom. The van der Waals surface area contributed by atoms with Crippen LogP contribution >= 0.6 is 0 Å². The van der Waals surface area contributed by atoms with Crippen LogP contribution in [-0.4, -0.2) is 28.3 Å². The third kappa shape index (κ3) is 3.56. The Morgan fingerprint density at radius 2 is 2.24 bits per heavy atom. The number of aromatic nitrogens is 2. The average molecular weight is 238 g/mol. The molecule has 0 aliphatic carbocycles. The number of rotatable bonds is 5. The van der Waals surface area contributed by atoms with Gasteiger partial charge in [0.2, 0.25) is 0 Å². The van der Waals surface area contributed by atoms with Crippen molar-refractivity contribution in [2.75, 3.05) is 6.54 Å². The zero-order valence-electron chi connectivity index (χ0n) is 11.0. The fraction of sp³-hybridized carbons (Fsp3) is 0.667. The maximum atomic E-state index is 12.0. The second-order valence-corrected chi connectivity index (χ2v) is 4.80. The van der Waals surface area contributed by atoms with Gasteiger partial charge in [0.1, 0.15) is 0 Å². The molecule has 1 rings (SSSR count). The van der Waals surface area contributed by atoms with E-state index in [0.29, 0.717) is 18.0 Å². The van der Waals surface area contributed by atoms with E-state index in [1.165, 1.54) is 0 Å². The van der Waals surface area contributed by atoms with Crippen LogP contribution < -0.4 is 11.1 Å². The van der Waals surface area contributed by atoms with E-state index >= 15 is 0 Å². The van der Waals surface area contributed by atoms with Crippen molar-refractivity contribution in [3.8, 4) is 0 Å². The molecule has 1 aromatic heterocycles. The molecule has 1 aromatic rings. The smallest absolute Gasteiger partial charge is 0.255 e. The van der Waals surface area contributed by atoms with E-state index in [-0.39, 0.29) is 11.9 Å². The summed E-state index contributed by atoms with van der Waals surface area (Å²) in [5, 5.41) is 7.01. The van der Waals surface area contributed by atoms with Gasteiger partial charge >= 0.3 is 0 Å². The molecule has 0 spiro atoms. The molecule has 0 aliphatic heterocycles. The monoisotopic (exact) mass is 238 g/mol. The van der Waals surface area contributed by atoms with Crippen LogP contribution in [0, 0.1) is 12.8 Å². The summed E-state index contributed by atoms with van der Waals surface area (Å²) in [7, 11) is 1.82. The summed E-state index contributed by atoms with van der Waals surface area (Å²) in [5.74, 6) is 0.422. The van der Waals surface area contributed by atoms with Crippen molar-refractivity contribution in [2.24, 2.45) is 18.7 Å². The highest BCUT2D eigenvalue weighted by molar-refractivity contribution is 5.95. The van der Waals surface area contributed by atoms with E-state index in [1.807, 2.05) is 14.0 Å². The van der Waals surface area contributed by atoms with E-state index in [2.05, 4.69) is 24.3 Å². The molecule has 0 saturated carbocycles. The lowest BCUT2D eigenvalue weighted by Crippen LogP contribution is -2.41. The largest absolute Gasteiger partial charge is 0.348 e. The van der Waals surface area contributed by atoms with Gasteiger partial charge in [-0.15, -0.1) is 0 Å². The second-order valence-electron chi connectivity index (χ2n) is 4.80. The Hall–Kier alpha value is -1.36. The van der Waals surface area contributed by atoms with Crippen LogP contribution in [0.25, 0.3) is 0 Å². The van der Waals surface area contributed by atoms with E-state index in [9.17, 15) is 4.79 Å². The molecule has 0 bridgehead atoms. The molecule has 3 N–H and O–H groups in total. The van der Waals surface area contributed by atoms with Crippen LogP contribution in [0.3, 0.4) is 0 Å². The topological polar surface area (TPSA) is 72.9 Å². The van der Waals surface area contributed by atoms with Crippen LogP contribution in [0.15, 0.2) is 6.20 Å². The molecule has 1 amide bonds. The number of nitrogens with one attached hydrogen (secondary N) is 1. The average Bonchev–Trinajstić information content (AvgIpc) is 2.58. The molecule has 0 aliphatic rings. The van der Waals surface area contributed by atoms with Crippen molar-refractivity contribution in [1.82, 2.24) is 15.1 Å². The second kappa shape index (κ2) is 5.82. The minimum Gasteiger partial charge on any atom is -0.348 e. The molecule has 0 saturated heterocycles. The van der Waals surface area contributed by atoms with E-state index in [1.54, 1.807) is 10.9 Å². The summed E-state index contributed by atoms with van der Waals surface area (Å²) in [6.07, 6.45) is 2.48. The van der Waals surface area contributed by atoms with Gasteiger partial charge in [-0.2, -0.15) is 5.10 Å². The van der Waals surface area contributed by atoms with Gasteiger partial charge in [0, 0.05) is 25.3 Å². The normalized spacial score (nSPS) is 12.8. The molecule has 1 heterocycles. The Balaban J connectivity index is 2.68. The molecule has 1 atom stereocenters. The van der Waals surface area contributed by atoms with Gasteiger partial charge in [0.25, 0.3) is 5.91 Å². The van der Waals surface area contributed by atoms with Crippen molar-refractivity contribution in [3.05, 3.63) is 17.5 Å². The first kappa shape index (κ1) is 13.7. The standard InChI is InChI=1S/C12H22N4O/c1-8(2)5-10(6-13)15-12(17)11-7-14-16(4)9(11)3/h7-8,10H,5-6,13H2,1-4H3,(H,15,17). The minimum atomic E-state index is -0.0910. The van der Waals surface area contributed by atoms with Gasteiger partial charge in [0.05, 0.1) is 11.8 Å². The first-order valence-electron chi connectivity index (χ1n) is 5.95. The maximum Gasteiger partial charge on any atom is 0.255 e. The van der Waals surface area contributed by atoms with Crippen LogP contribution in [0.5, 0.6) is 0 Å². The summed E-state index contributed by atoms with van der Waals surface area (Å²) in [4.78, 5) is 12.0. The lowest BCUT2D eigenvalue weighted by atomic mass is 10.0. The molecule has 5 nitrogen and oxygen atoms in total. The van der Waals surface area contributed by atoms with Gasteiger partial charge < -0.3 is 11.1 Å². The van der Waals surface area contributed by atoms with Crippen molar-refractivity contribution in [2.45, 2.75) is 33.2 Å². The molecular weight excluding hydrogens is 216 g/mol. The predicted octanol–water partition coefficient (Wildman–Crippen LogP) is 0.832. The highest BCUT2D eigenvalue weighted by Crippen LogP contribution is 2.08. The summed E-state index contributed by atoms with van der Waals surface area (Å²) in [5.41, 5.74) is 7.14. The van der Waals surface area contributed by atoms with E-state index < -0.39 is 0 Å². The SMILES string of the molecule is Cc1c(C(=O)NC(CN)CC(C)C)cnn1C. The first-order chi connectivity index (χ1) is 7.95. The number of hydrogen-bond donors (Lipinski definition) is 2. The molecular formula is C12H22N4O. The Labute approximate surface area is 102 Å². The van der Waals surface area contributed by atoms with Crippen molar-refractivity contribution >= 4 is 5.91 Å². The third-order valence-electron chi connectivity index (χ3n) is 2.86. The van der Waals surface area contributed by atoms with Crippen LogP contribution in [0.1, 0.15) is 36.3 Å². The van der Waals surface area contributed by atoms with Gasteiger partial charge in [-0.05, 0) is 19.3 Å². The number of carbonyl (C=O) groups excluding carboxylic acids is 1. The van der Waals surface area contributed by atoms with Gasteiger partial charge in [-0.3, -0.25) is 9.48 Å². The zero-order chi connectivity index (χ0) is 13.0. The van der Waals surface area contributed by atoms with Crippen LogP contribution in [0.4, 0.5) is 0 Å². The lowest BCUT2D eigenvalue weighted by Gasteiger charge is -2.18. The van der Waals surface area contributed by atoms with E-state index in [0.717, 1.165) is 12.1 Å². The molecule has 1 unspecified atom stereocenters. The Morgan fingerprint density at radius 3 is 2.65 bits per heavy atom. The summed E-state index contributed by atoms with van der Waals surface area (Å²) < 4.78 is 1.69. The third-order valence-corrected chi connectivity index (χ3v) is 2.86. The zero-order valence-corrected chi connectivity index (χ0v) is 11.0. The highest BCUT2D eigenvalue weighted by Gasteiger charge is 2.17. The van der Waals surface area contributed by atoms with Gasteiger partial charge in [-0.25, -0.2) is 0 Å². The number of aryl methyl sites for hydroxylation is 1. The number of nitrogens with zero attached hydrogens (tertiary/aromatic N) is 2. The molecule has 0 radical (unpaired) electrons. The van der Waals surface area contributed by atoms with Gasteiger partial charge in [0.15, 0.2) is 0 Å². The molecule has 17 heavy (non-hydrogen) atoms.